The Morgan fingerprint density at radius 1 is 0.917 bits per heavy atom. The minimum atomic E-state index is -1.55. The first-order valence-electron chi connectivity index (χ1n) is 11.6. The van der Waals surface area contributed by atoms with E-state index in [0.29, 0.717) is 17.8 Å². The summed E-state index contributed by atoms with van der Waals surface area (Å²) in [7, 11) is 0. The highest BCUT2D eigenvalue weighted by molar-refractivity contribution is 5.94. The zero-order valence-electron chi connectivity index (χ0n) is 20.4. The Bertz CT molecular complexity index is 994. The quantitative estimate of drug-likeness (QED) is 0.144. The largest absolute Gasteiger partial charge is 0.480 e. The molecule has 0 bridgehead atoms. The van der Waals surface area contributed by atoms with Gasteiger partial charge in [-0.2, -0.15) is 0 Å². The number of carboxylic acids is 1. The molecule has 0 saturated heterocycles. The molecule has 2 heterocycles. The molecule has 14 nitrogen and oxygen atoms in total. The predicted molar refractivity (Wildman–Crippen MR) is 127 cm³/mol. The zero-order chi connectivity index (χ0) is 26.8. The lowest BCUT2D eigenvalue weighted by Crippen LogP contribution is -2.60. The first-order chi connectivity index (χ1) is 17.0. The van der Waals surface area contributed by atoms with E-state index in [1.807, 2.05) is 0 Å². The van der Waals surface area contributed by atoms with Crippen LogP contribution >= 0.6 is 0 Å². The summed E-state index contributed by atoms with van der Waals surface area (Å²) in [6.45, 7) is 4.75. The summed E-state index contributed by atoms with van der Waals surface area (Å²) in [5.74, 6) is -3.83. The van der Waals surface area contributed by atoms with Gasteiger partial charge in [0.2, 0.25) is 17.7 Å². The summed E-state index contributed by atoms with van der Waals surface area (Å²) in [5.41, 5.74) is 7.21. The molecule has 9 N–H and O–H groups in total. The number of nitrogens with one attached hydrogen (secondary N) is 5. The minimum Gasteiger partial charge on any atom is -0.480 e. The number of nitrogens with zero attached hydrogens (tertiary/aromatic N) is 2. The van der Waals surface area contributed by atoms with Crippen molar-refractivity contribution in [1.82, 2.24) is 35.9 Å². The third-order valence-corrected chi connectivity index (χ3v) is 5.78. The summed E-state index contributed by atoms with van der Waals surface area (Å²) in [6.07, 6.45) is 5.24. The second-order valence-corrected chi connectivity index (χ2v) is 8.67. The normalized spacial score (nSPS) is 16.1. The number of carbonyl (C=O) groups excluding carboxylic acids is 3. The second-order valence-electron chi connectivity index (χ2n) is 8.67. The highest BCUT2D eigenvalue weighted by Crippen LogP contribution is 2.11. The number of aromatic nitrogens is 4. The molecule has 2 rings (SSSR count). The van der Waals surface area contributed by atoms with Gasteiger partial charge in [0.25, 0.3) is 0 Å². The second kappa shape index (κ2) is 13.3. The van der Waals surface area contributed by atoms with Crippen LogP contribution in [0.1, 0.15) is 38.6 Å². The summed E-state index contributed by atoms with van der Waals surface area (Å²) >= 11 is 0. The average Bonchev–Trinajstić information content (AvgIpc) is 3.53. The Hall–Kier alpha value is -3.78. The Labute approximate surface area is 207 Å². The molecule has 0 radical (unpaired) electrons. The van der Waals surface area contributed by atoms with E-state index in [2.05, 4.69) is 35.9 Å². The van der Waals surface area contributed by atoms with Crippen LogP contribution in [0.15, 0.2) is 25.0 Å². The van der Waals surface area contributed by atoms with Crippen LogP contribution in [0.4, 0.5) is 0 Å². The molecule has 0 aliphatic heterocycles. The molecule has 0 spiro atoms. The van der Waals surface area contributed by atoms with Crippen LogP contribution < -0.4 is 21.7 Å². The van der Waals surface area contributed by atoms with Crippen molar-refractivity contribution < 1.29 is 29.4 Å². The SMILES string of the molecule is CCC(C)C(NC(=O)C(Cc1cnc[nH]1)NC(=O)C(N)Cc1cnc[nH]1)C(=O)NC(C(=O)O)C(C)O. The number of rotatable bonds is 14. The maximum absolute atomic E-state index is 13.3. The van der Waals surface area contributed by atoms with Gasteiger partial charge in [-0.3, -0.25) is 14.4 Å². The fourth-order valence-electron chi connectivity index (χ4n) is 3.42. The van der Waals surface area contributed by atoms with Gasteiger partial charge in [0.15, 0.2) is 6.04 Å². The van der Waals surface area contributed by atoms with E-state index in [0.717, 1.165) is 0 Å². The number of aliphatic hydroxyl groups is 1. The van der Waals surface area contributed by atoms with Crippen LogP contribution in [-0.2, 0) is 32.0 Å². The highest BCUT2D eigenvalue weighted by atomic mass is 16.4. The van der Waals surface area contributed by atoms with E-state index in [1.54, 1.807) is 13.8 Å². The Kier molecular flexibility index (Phi) is 10.5. The molecule has 3 amide bonds. The lowest BCUT2D eigenvalue weighted by atomic mass is 9.96. The van der Waals surface area contributed by atoms with Gasteiger partial charge in [-0.15, -0.1) is 0 Å². The number of hydrogen-bond acceptors (Lipinski definition) is 8. The Morgan fingerprint density at radius 3 is 1.94 bits per heavy atom. The van der Waals surface area contributed by atoms with Crippen LogP contribution in [0.25, 0.3) is 0 Å². The number of aromatic amines is 2. The van der Waals surface area contributed by atoms with Crippen LogP contribution in [0, 0.1) is 5.92 Å². The summed E-state index contributed by atoms with van der Waals surface area (Å²) in [4.78, 5) is 63.9. The third-order valence-electron chi connectivity index (χ3n) is 5.78. The highest BCUT2D eigenvalue weighted by Gasteiger charge is 2.34. The number of nitrogens with two attached hydrogens (primary N) is 1. The molecular formula is C22H34N8O6. The van der Waals surface area contributed by atoms with Crippen LogP contribution in [0.3, 0.4) is 0 Å². The van der Waals surface area contributed by atoms with E-state index in [1.165, 1.54) is 32.0 Å². The van der Waals surface area contributed by atoms with Gasteiger partial charge in [0, 0.05) is 36.6 Å². The lowest BCUT2D eigenvalue weighted by Gasteiger charge is -2.28. The van der Waals surface area contributed by atoms with Crippen LogP contribution in [-0.4, -0.2) is 84.1 Å². The third kappa shape index (κ3) is 8.16. The number of aliphatic hydroxyl groups excluding tert-OH is 1. The van der Waals surface area contributed by atoms with Gasteiger partial charge in [-0.05, 0) is 12.8 Å². The number of carboxylic acid groups (broad SMARTS) is 1. The molecule has 0 fully saturated rings. The molecule has 0 saturated carbocycles. The number of H-pyrrole nitrogens is 2. The van der Waals surface area contributed by atoms with Gasteiger partial charge in [-0.1, -0.05) is 20.3 Å². The van der Waals surface area contributed by atoms with Gasteiger partial charge in [0.05, 0.1) is 24.8 Å². The maximum Gasteiger partial charge on any atom is 0.328 e. The molecule has 0 aliphatic carbocycles. The molecule has 0 aliphatic rings. The molecule has 36 heavy (non-hydrogen) atoms. The van der Waals surface area contributed by atoms with E-state index < -0.39 is 54.0 Å². The van der Waals surface area contributed by atoms with Crippen LogP contribution in [0.5, 0.6) is 0 Å². The number of amides is 3. The molecule has 198 valence electrons. The number of imidazole rings is 2. The molecule has 0 aromatic carbocycles. The predicted octanol–water partition coefficient (Wildman–Crippen LogP) is -1.79. The van der Waals surface area contributed by atoms with Crippen molar-refractivity contribution in [3.8, 4) is 0 Å². The average molecular weight is 507 g/mol. The van der Waals surface area contributed by atoms with Crippen molar-refractivity contribution in [3.63, 3.8) is 0 Å². The van der Waals surface area contributed by atoms with Crippen molar-refractivity contribution in [2.45, 2.75) is 70.3 Å². The molecule has 6 unspecified atom stereocenters. The van der Waals surface area contributed by atoms with E-state index >= 15 is 0 Å². The summed E-state index contributed by atoms with van der Waals surface area (Å²) in [6, 6.07) is -4.76. The fraction of sp³-hybridized carbons (Fsp3) is 0.545. The number of hydrogen-bond donors (Lipinski definition) is 8. The summed E-state index contributed by atoms with van der Waals surface area (Å²) in [5, 5.41) is 26.5. The number of aliphatic carboxylic acids is 1. The Morgan fingerprint density at radius 2 is 1.47 bits per heavy atom. The van der Waals surface area contributed by atoms with E-state index in [4.69, 9.17) is 5.73 Å². The lowest BCUT2D eigenvalue weighted by molar-refractivity contribution is -0.145. The standard InChI is InChI=1S/C22H34N8O6/c1-4-11(2)17(21(34)30-18(12(3)31)22(35)36)29-20(33)16(6-14-8-25-10-27-14)28-19(32)15(23)5-13-7-24-9-26-13/h7-12,15-18,31H,4-6,23H2,1-3H3,(H,24,26)(H,25,27)(H,28,32)(H,29,33)(H,30,34)(H,35,36). The van der Waals surface area contributed by atoms with E-state index in [-0.39, 0.29) is 18.8 Å². The molecule has 14 heteroatoms. The van der Waals surface area contributed by atoms with Gasteiger partial charge in [-0.25, -0.2) is 14.8 Å². The molecule has 6 atom stereocenters. The molecular weight excluding hydrogens is 472 g/mol. The molecule has 2 aromatic heterocycles. The smallest absolute Gasteiger partial charge is 0.328 e. The van der Waals surface area contributed by atoms with Gasteiger partial charge < -0.3 is 41.9 Å². The first kappa shape index (κ1) is 28.5. The maximum atomic E-state index is 13.3. The van der Waals surface area contributed by atoms with E-state index in [9.17, 15) is 29.4 Å². The first-order valence-corrected chi connectivity index (χ1v) is 11.6. The molecule has 2 aromatic rings. The minimum absolute atomic E-state index is 0.0363. The van der Waals surface area contributed by atoms with Gasteiger partial charge >= 0.3 is 5.97 Å². The monoisotopic (exact) mass is 506 g/mol. The van der Waals surface area contributed by atoms with Crippen molar-refractivity contribution in [2.24, 2.45) is 11.7 Å². The fourth-order valence-corrected chi connectivity index (χ4v) is 3.42. The zero-order valence-corrected chi connectivity index (χ0v) is 20.4. The van der Waals surface area contributed by atoms with Crippen LogP contribution in [0.2, 0.25) is 0 Å². The summed E-state index contributed by atoms with van der Waals surface area (Å²) < 4.78 is 0. The topological polar surface area (TPSA) is 228 Å². The number of carbonyl (C=O) groups is 4. The van der Waals surface area contributed by atoms with Gasteiger partial charge in [0.1, 0.15) is 12.1 Å². The van der Waals surface area contributed by atoms with Crippen molar-refractivity contribution >= 4 is 23.7 Å². The Balaban J connectivity index is 2.18. The van der Waals surface area contributed by atoms with Crippen molar-refractivity contribution in [1.29, 1.82) is 0 Å². The van der Waals surface area contributed by atoms with Crippen molar-refractivity contribution in [3.05, 3.63) is 36.4 Å². The van der Waals surface area contributed by atoms with Crippen molar-refractivity contribution in [2.75, 3.05) is 0 Å².